The number of hydrogen-bond donors (Lipinski definition) is 0. The number of nitrogens with zero attached hydrogens (tertiary/aromatic N) is 1. The molecule has 9 heteroatoms. The van der Waals surface area contributed by atoms with Crippen LogP contribution >= 0.6 is 11.6 Å². The average molecular weight is 658 g/mol. The Labute approximate surface area is 281 Å². The van der Waals surface area contributed by atoms with Gasteiger partial charge in [0, 0.05) is 12.8 Å². The third-order valence-electron chi connectivity index (χ3n) is 7.65. The summed E-state index contributed by atoms with van der Waals surface area (Å²) in [5.74, 6) is -2.17. The van der Waals surface area contributed by atoms with E-state index >= 15 is 0 Å². The second-order valence-corrected chi connectivity index (χ2v) is 11.6. The minimum absolute atomic E-state index is 0.146. The number of hydrogen-bond acceptors (Lipinski definition) is 8. The van der Waals surface area contributed by atoms with Crippen LogP contribution in [0.4, 0.5) is 0 Å². The van der Waals surface area contributed by atoms with Gasteiger partial charge in [-0.1, -0.05) is 138 Å². The second kappa shape index (κ2) is 17.8. The fourth-order valence-electron chi connectivity index (χ4n) is 5.42. The number of esters is 1. The van der Waals surface area contributed by atoms with E-state index in [1.54, 1.807) is 6.92 Å². The molecule has 4 aromatic carbocycles. The Morgan fingerprint density at radius 2 is 1.28 bits per heavy atom. The first-order valence-corrected chi connectivity index (χ1v) is 16.1. The third-order valence-corrected chi connectivity index (χ3v) is 7.87. The molecule has 47 heavy (non-hydrogen) atoms. The Morgan fingerprint density at radius 1 is 0.766 bits per heavy atom. The summed E-state index contributed by atoms with van der Waals surface area (Å²) >= 11 is 6.22. The van der Waals surface area contributed by atoms with Gasteiger partial charge < -0.3 is 28.5 Å². The Morgan fingerprint density at radius 3 is 1.83 bits per heavy atom. The lowest BCUT2D eigenvalue weighted by atomic mass is 9.91. The molecule has 0 N–H and O–H groups in total. The number of benzene rings is 4. The first kappa shape index (κ1) is 34.3. The van der Waals surface area contributed by atoms with E-state index in [4.69, 9.17) is 40.1 Å². The van der Waals surface area contributed by atoms with Crippen LogP contribution in [0.3, 0.4) is 0 Å². The van der Waals surface area contributed by atoms with Crippen molar-refractivity contribution in [3.63, 3.8) is 0 Å². The molecule has 0 radical (unpaired) electrons. The number of halogens is 1. The van der Waals surface area contributed by atoms with E-state index in [1.165, 1.54) is 0 Å². The van der Waals surface area contributed by atoms with Crippen LogP contribution in [0.15, 0.2) is 126 Å². The van der Waals surface area contributed by atoms with Gasteiger partial charge in [-0.05, 0) is 29.2 Å². The first-order valence-electron chi connectivity index (χ1n) is 15.8. The van der Waals surface area contributed by atoms with E-state index in [-0.39, 0.29) is 26.1 Å². The molecule has 8 nitrogen and oxygen atoms in total. The highest BCUT2D eigenvalue weighted by atomic mass is 35.5. The fourth-order valence-corrected chi connectivity index (χ4v) is 5.51. The van der Waals surface area contributed by atoms with Crippen molar-refractivity contribution in [3.05, 3.63) is 144 Å². The zero-order valence-corrected chi connectivity index (χ0v) is 27.2. The molecule has 0 aromatic heterocycles. The minimum atomic E-state index is -1.39. The quantitative estimate of drug-likeness (QED) is 0.0714. The van der Waals surface area contributed by atoms with Crippen LogP contribution in [0, 0.1) is 0 Å². The van der Waals surface area contributed by atoms with Crippen LogP contribution in [0.2, 0.25) is 0 Å². The molecule has 4 atom stereocenters. The molecule has 0 spiro atoms. The maximum atomic E-state index is 12.3. The summed E-state index contributed by atoms with van der Waals surface area (Å²) in [6.45, 7) is 3.06. The summed E-state index contributed by atoms with van der Waals surface area (Å²) in [6.07, 6.45) is -1.18. The lowest BCUT2D eigenvalue weighted by Crippen LogP contribution is -2.59. The van der Waals surface area contributed by atoms with Crippen LogP contribution in [-0.2, 0) is 59.6 Å². The normalized spacial score (nSPS) is 21.2. The smallest absolute Gasteiger partial charge is 0.372 e. The van der Waals surface area contributed by atoms with Crippen LogP contribution in [0.1, 0.15) is 35.6 Å². The molecule has 1 saturated heterocycles. The van der Waals surface area contributed by atoms with Gasteiger partial charge in [0.25, 0.3) is 5.17 Å². The molecule has 1 aliphatic rings. The van der Waals surface area contributed by atoms with Gasteiger partial charge in [-0.25, -0.2) is 4.79 Å². The summed E-state index contributed by atoms with van der Waals surface area (Å²) in [7, 11) is 0. The van der Waals surface area contributed by atoms with Gasteiger partial charge >= 0.3 is 5.97 Å². The van der Waals surface area contributed by atoms with Crippen molar-refractivity contribution in [1.82, 2.24) is 0 Å². The van der Waals surface area contributed by atoms with Gasteiger partial charge in [-0.2, -0.15) is 0 Å². The number of carbonyl (C=O) groups excluding carboxylic acids is 1. The molecule has 0 amide bonds. The lowest BCUT2D eigenvalue weighted by Gasteiger charge is -2.46. The Bertz CT molecular complexity index is 1530. The zero-order chi connectivity index (χ0) is 32.7. The van der Waals surface area contributed by atoms with Crippen LogP contribution in [0.25, 0.3) is 0 Å². The predicted octanol–water partition coefficient (Wildman–Crippen LogP) is 7.23. The minimum Gasteiger partial charge on any atom is -0.461 e. The molecular formula is C38H40ClNO7. The van der Waals surface area contributed by atoms with Crippen LogP contribution < -0.4 is 0 Å². The van der Waals surface area contributed by atoms with Crippen molar-refractivity contribution in [3.8, 4) is 0 Å². The van der Waals surface area contributed by atoms with E-state index in [0.29, 0.717) is 19.8 Å². The van der Waals surface area contributed by atoms with Crippen molar-refractivity contribution in [2.75, 3.05) is 13.2 Å². The molecule has 0 aliphatic carbocycles. The van der Waals surface area contributed by atoms with Crippen molar-refractivity contribution in [1.29, 1.82) is 0 Å². The number of ether oxygens (including phenoxy) is 5. The summed E-state index contributed by atoms with van der Waals surface area (Å²) in [6, 6.07) is 39.6. The van der Waals surface area contributed by atoms with Crippen molar-refractivity contribution in [2.45, 2.75) is 63.7 Å². The zero-order valence-electron chi connectivity index (χ0n) is 26.4. The van der Waals surface area contributed by atoms with E-state index < -0.39 is 35.2 Å². The van der Waals surface area contributed by atoms with E-state index in [9.17, 15) is 4.79 Å². The highest BCUT2D eigenvalue weighted by Crippen LogP contribution is 2.38. The highest BCUT2D eigenvalue weighted by Gasteiger charge is 2.51. The van der Waals surface area contributed by atoms with E-state index in [2.05, 4.69) is 5.16 Å². The monoisotopic (exact) mass is 657 g/mol. The number of oxime groups is 1. The van der Waals surface area contributed by atoms with Gasteiger partial charge in [0.15, 0.2) is 0 Å². The maximum Gasteiger partial charge on any atom is 0.372 e. The molecule has 5 rings (SSSR count). The highest BCUT2D eigenvalue weighted by molar-refractivity contribution is 6.81. The van der Waals surface area contributed by atoms with Crippen molar-refractivity contribution in [2.24, 2.45) is 5.16 Å². The average Bonchev–Trinajstić information content (AvgIpc) is 3.11. The third kappa shape index (κ3) is 10.5. The Hall–Kier alpha value is -4.05. The molecule has 1 aliphatic heterocycles. The van der Waals surface area contributed by atoms with Gasteiger partial charge in [-0.15, -0.1) is 0 Å². The standard InChI is InChI=1S/C38H40ClNO7/c1-2-43-37(41)36(39)40-47-38(23-29-15-7-3-8-16-29)24-33(44-26-31-19-11-5-12-20-31)35(45-27-32-21-13-6-14-22-32)34(46-38)28-42-25-30-17-9-4-10-18-30/h3-22,33-35H,2,23-28H2,1H3/b40-36-/t33-,34-,35-,38-/m1/s1. The molecule has 0 bridgehead atoms. The van der Waals surface area contributed by atoms with Gasteiger partial charge in [0.1, 0.15) is 12.2 Å². The molecule has 0 unspecified atom stereocenters. The number of carbonyl (C=O) groups is 1. The molecule has 4 aromatic rings. The lowest BCUT2D eigenvalue weighted by molar-refractivity contribution is -0.336. The summed E-state index contributed by atoms with van der Waals surface area (Å²) < 4.78 is 31.3. The SMILES string of the molecule is CCOC(=O)/C(Cl)=N/O[C@]1(Cc2ccccc2)C[C@@H](OCc2ccccc2)[C@@H](OCc2ccccc2)[C@@H](COCc2ccccc2)O1. The molecular weight excluding hydrogens is 618 g/mol. The number of rotatable bonds is 16. The van der Waals surface area contributed by atoms with Crippen LogP contribution in [-0.4, -0.2) is 48.5 Å². The molecule has 1 heterocycles. The second-order valence-electron chi connectivity index (χ2n) is 11.2. The summed E-state index contributed by atoms with van der Waals surface area (Å²) in [4.78, 5) is 18.5. The largest absolute Gasteiger partial charge is 0.461 e. The van der Waals surface area contributed by atoms with Gasteiger partial charge in [0.2, 0.25) is 5.79 Å². The Kier molecular flexibility index (Phi) is 13.0. The van der Waals surface area contributed by atoms with Gasteiger partial charge in [0.05, 0.1) is 39.1 Å². The first-order chi connectivity index (χ1) is 23.0. The predicted molar refractivity (Wildman–Crippen MR) is 180 cm³/mol. The van der Waals surface area contributed by atoms with Crippen molar-refractivity contribution < 1.29 is 33.3 Å². The van der Waals surface area contributed by atoms with Gasteiger partial charge in [-0.3, -0.25) is 0 Å². The fraction of sp³-hybridized carbons (Fsp3) is 0.316. The topological polar surface area (TPSA) is 84.8 Å². The van der Waals surface area contributed by atoms with Crippen molar-refractivity contribution >= 4 is 22.7 Å². The molecule has 1 fully saturated rings. The molecule has 246 valence electrons. The summed E-state index contributed by atoms with van der Waals surface area (Å²) in [5.41, 5.74) is 3.99. The van der Waals surface area contributed by atoms with E-state index in [0.717, 1.165) is 22.3 Å². The molecule has 0 saturated carbocycles. The summed E-state index contributed by atoms with van der Waals surface area (Å²) in [5, 5.41) is 3.57. The van der Waals surface area contributed by atoms with E-state index in [1.807, 2.05) is 121 Å². The maximum absolute atomic E-state index is 12.3. The van der Waals surface area contributed by atoms with Crippen LogP contribution in [0.5, 0.6) is 0 Å². The Balaban J connectivity index is 1.48.